The average molecular weight is 248 g/mol. The van der Waals surface area contributed by atoms with Crippen LogP contribution in [0.3, 0.4) is 0 Å². The molecule has 1 rings (SSSR count). The lowest BCUT2D eigenvalue weighted by Gasteiger charge is -2.26. The molecular formula is C14H20N2O2. The Hall–Kier alpha value is -1.58. The lowest BCUT2D eigenvalue weighted by molar-refractivity contribution is 0.533. The van der Waals surface area contributed by atoms with E-state index in [9.17, 15) is 9.81 Å². The third-order valence-electron chi connectivity index (χ3n) is 3.15. The van der Waals surface area contributed by atoms with E-state index in [0.717, 1.165) is 11.1 Å². The van der Waals surface area contributed by atoms with E-state index in [1.54, 1.807) is 6.07 Å². The van der Waals surface area contributed by atoms with Crippen LogP contribution >= 0.6 is 0 Å². The summed E-state index contributed by atoms with van der Waals surface area (Å²) >= 11 is 0. The molecule has 1 aromatic rings. The van der Waals surface area contributed by atoms with Crippen molar-refractivity contribution in [3.8, 4) is 0 Å². The summed E-state index contributed by atoms with van der Waals surface area (Å²) in [6.45, 7) is 10.2. The molecule has 0 aromatic heterocycles. The van der Waals surface area contributed by atoms with Crippen LogP contribution in [0, 0.1) is 9.81 Å². The first kappa shape index (κ1) is 14.5. The van der Waals surface area contributed by atoms with Crippen molar-refractivity contribution in [2.75, 3.05) is 6.54 Å². The zero-order valence-electron chi connectivity index (χ0n) is 11.7. The second kappa shape index (κ2) is 4.96. The maximum atomic E-state index is 10.9. The first-order valence-corrected chi connectivity index (χ1v) is 6.00. The summed E-state index contributed by atoms with van der Waals surface area (Å²) in [5.41, 5.74) is 1.79. The van der Waals surface area contributed by atoms with Crippen LogP contribution in [0.15, 0.2) is 28.6 Å². The summed E-state index contributed by atoms with van der Waals surface area (Å²) in [7, 11) is 0. The van der Waals surface area contributed by atoms with Crippen molar-refractivity contribution in [3.63, 3.8) is 0 Å². The molecule has 0 amide bonds. The van der Waals surface area contributed by atoms with Gasteiger partial charge in [-0.25, -0.2) is 0 Å². The second-order valence-electron chi connectivity index (χ2n) is 6.24. The predicted molar refractivity (Wildman–Crippen MR) is 74.3 cm³/mol. The van der Waals surface area contributed by atoms with Crippen LogP contribution in [-0.4, -0.2) is 6.54 Å². The van der Waals surface area contributed by atoms with Gasteiger partial charge in [-0.3, -0.25) is 0 Å². The van der Waals surface area contributed by atoms with E-state index in [0.29, 0.717) is 5.69 Å². The average Bonchev–Trinajstić information content (AvgIpc) is 2.27. The van der Waals surface area contributed by atoms with Gasteiger partial charge in [-0.15, -0.1) is 4.91 Å². The van der Waals surface area contributed by atoms with E-state index < -0.39 is 5.41 Å². The molecule has 0 atom stereocenters. The van der Waals surface area contributed by atoms with Gasteiger partial charge >= 0.3 is 0 Å². The second-order valence-corrected chi connectivity index (χ2v) is 6.24. The molecular weight excluding hydrogens is 228 g/mol. The van der Waals surface area contributed by atoms with Crippen molar-refractivity contribution in [1.82, 2.24) is 0 Å². The Balaban J connectivity index is 3.39. The predicted octanol–water partition coefficient (Wildman–Crippen LogP) is 4.43. The zero-order valence-corrected chi connectivity index (χ0v) is 11.7. The SMILES string of the molecule is CC(C)(C)c1ccc(N=O)c(C(C)(C)CN=O)c1. The van der Waals surface area contributed by atoms with E-state index in [-0.39, 0.29) is 12.0 Å². The van der Waals surface area contributed by atoms with Crippen LogP contribution in [-0.2, 0) is 10.8 Å². The van der Waals surface area contributed by atoms with Gasteiger partial charge in [0.15, 0.2) is 0 Å². The Labute approximate surface area is 108 Å². The minimum absolute atomic E-state index is 0.0130. The van der Waals surface area contributed by atoms with E-state index in [1.807, 2.05) is 26.0 Å². The van der Waals surface area contributed by atoms with Crippen molar-refractivity contribution in [1.29, 1.82) is 0 Å². The van der Waals surface area contributed by atoms with Gasteiger partial charge in [-0.05, 0) is 27.8 Å². The first-order chi connectivity index (χ1) is 8.22. The van der Waals surface area contributed by atoms with Gasteiger partial charge in [0.05, 0.1) is 6.54 Å². The van der Waals surface area contributed by atoms with Crippen LogP contribution in [0.5, 0.6) is 0 Å². The molecule has 0 bridgehead atoms. The van der Waals surface area contributed by atoms with E-state index in [4.69, 9.17) is 0 Å². The Bertz CT molecular complexity index is 459. The van der Waals surface area contributed by atoms with Crippen molar-refractivity contribution < 1.29 is 0 Å². The molecule has 0 heterocycles. The summed E-state index contributed by atoms with van der Waals surface area (Å²) in [6.07, 6.45) is 0. The highest BCUT2D eigenvalue weighted by molar-refractivity contribution is 5.52. The number of rotatable bonds is 4. The van der Waals surface area contributed by atoms with Gasteiger partial charge in [0, 0.05) is 5.41 Å². The highest BCUT2D eigenvalue weighted by Crippen LogP contribution is 2.35. The Morgan fingerprint density at radius 1 is 1.06 bits per heavy atom. The quantitative estimate of drug-likeness (QED) is 0.740. The Morgan fingerprint density at radius 3 is 2.11 bits per heavy atom. The van der Waals surface area contributed by atoms with Crippen LogP contribution in [0.4, 0.5) is 5.69 Å². The fourth-order valence-electron chi connectivity index (χ4n) is 1.87. The van der Waals surface area contributed by atoms with Crippen LogP contribution in [0.1, 0.15) is 45.7 Å². The van der Waals surface area contributed by atoms with Gasteiger partial charge in [0.1, 0.15) is 5.69 Å². The number of hydrogen-bond acceptors (Lipinski definition) is 4. The summed E-state index contributed by atoms with van der Waals surface area (Å²) in [6, 6.07) is 5.59. The van der Waals surface area contributed by atoms with Crippen LogP contribution in [0.2, 0.25) is 0 Å². The number of nitrogens with zero attached hydrogens (tertiary/aromatic N) is 2. The van der Waals surface area contributed by atoms with Crippen molar-refractivity contribution >= 4 is 5.69 Å². The minimum atomic E-state index is -0.480. The number of hydrogen-bond donors (Lipinski definition) is 0. The lowest BCUT2D eigenvalue weighted by atomic mass is 9.79. The fraction of sp³-hybridized carbons (Fsp3) is 0.571. The highest BCUT2D eigenvalue weighted by atomic mass is 16.3. The fourth-order valence-corrected chi connectivity index (χ4v) is 1.87. The Kier molecular flexibility index (Phi) is 3.99. The standard InChI is InChI=1S/C14H20N2O2/c1-13(2,3)10-6-7-12(16-18)11(8-10)14(4,5)9-15-17/h6-8H,9H2,1-5H3. The molecule has 4 nitrogen and oxygen atoms in total. The third-order valence-corrected chi connectivity index (χ3v) is 3.15. The smallest absolute Gasteiger partial charge is 0.111 e. The lowest BCUT2D eigenvalue weighted by Crippen LogP contribution is -2.22. The van der Waals surface area contributed by atoms with Gasteiger partial charge in [-0.2, -0.15) is 4.91 Å². The highest BCUT2D eigenvalue weighted by Gasteiger charge is 2.27. The van der Waals surface area contributed by atoms with Crippen LogP contribution < -0.4 is 0 Å². The normalized spacial score (nSPS) is 12.3. The molecule has 4 heteroatoms. The van der Waals surface area contributed by atoms with E-state index in [2.05, 4.69) is 31.1 Å². The molecule has 0 saturated heterocycles. The maximum Gasteiger partial charge on any atom is 0.111 e. The summed E-state index contributed by atoms with van der Waals surface area (Å²) in [4.78, 5) is 21.4. The minimum Gasteiger partial charge on any atom is -0.151 e. The summed E-state index contributed by atoms with van der Waals surface area (Å²) in [5.74, 6) is 0. The van der Waals surface area contributed by atoms with Crippen molar-refractivity contribution in [2.24, 2.45) is 10.4 Å². The van der Waals surface area contributed by atoms with E-state index in [1.165, 1.54) is 0 Å². The largest absolute Gasteiger partial charge is 0.151 e. The number of benzene rings is 1. The molecule has 0 unspecified atom stereocenters. The molecule has 0 spiro atoms. The number of nitroso groups, excluding NO2 is 2. The van der Waals surface area contributed by atoms with E-state index >= 15 is 0 Å². The first-order valence-electron chi connectivity index (χ1n) is 6.00. The molecule has 0 radical (unpaired) electrons. The molecule has 98 valence electrons. The zero-order chi connectivity index (χ0) is 14.0. The maximum absolute atomic E-state index is 10.9. The molecule has 0 aliphatic heterocycles. The molecule has 0 aliphatic rings. The molecule has 0 saturated carbocycles. The van der Waals surface area contributed by atoms with Gasteiger partial charge < -0.3 is 0 Å². The molecule has 18 heavy (non-hydrogen) atoms. The molecule has 0 aliphatic carbocycles. The molecule has 0 fully saturated rings. The van der Waals surface area contributed by atoms with Gasteiger partial charge in [-0.1, -0.05) is 51.9 Å². The third kappa shape index (κ3) is 3.00. The molecule has 0 N–H and O–H groups in total. The van der Waals surface area contributed by atoms with Gasteiger partial charge in [0.2, 0.25) is 0 Å². The van der Waals surface area contributed by atoms with Crippen molar-refractivity contribution in [2.45, 2.75) is 45.4 Å². The Morgan fingerprint density at radius 2 is 1.67 bits per heavy atom. The topological polar surface area (TPSA) is 58.9 Å². The summed E-state index contributed by atoms with van der Waals surface area (Å²) < 4.78 is 0. The van der Waals surface area contributed by atoms with Gasteiger partial charge in [0.25, 0.3) is 0 Å². The van der Waals surface area contributed by atoms with Crippen molar-refractivity contribution in [3.05, 3.63) is 39.1 Å². The molecule has 1 aromatic carbocycles. The monoisotopic (exact) mass is 248 g/mol. The summed E-state index contributed by atoms with van der Waals surface area (Å²) in [5, 5.41) is 6.01. The van der Waals surface area contributed by atoms with Crippen LogP contribution in [0.25, 0.3) is 0 Å².